The highest BCUT2D eigenvalue weighted by Crippen LogP contribution is 2.27. The molecule has 3 nitrogen and oxygen atoms in total. The largest absolute Gasteiger partial charge is 0.329 e. The maximum absolute atomic E-state index is 6.36. The van der Waals surface area contributed by atoms with E-state index in [9.17, 15) is 0 Å². The van der Waals surface area contributed by atoms with Gasteiger partial charge in [-0.3, -0.25) is 0 Å². The lowest BCUT2D eigenvalue weighted by atomic mass is 10.0. The van der Waals surface area contributed by atoms with E-state index in [1.54, 1.807) is 0 Å². The standard InChI is InChI=1S/C16H19N3/c17-15(10-13-6-2-1-3-7-13)16-11-18-12-19(16)14-8-4-5-9-14/h1-7,11-12,14-15H,8-10,17H2/t15-/m1/s1. The summed E-state index contributed by atoms with van der Waals surface area (Å²) in [5.41, 5.74) is 8.77. The molecule has 19 heavy (non-hydrogen) atoms. The van der Waals surface area contributed by atoms with Crippen LogP contribution in [0.5, 0.6) is 0 Å². The number of hydrogen-bond acceptors (Lipinski definition) is 2. The molecule has 0 amide bonds. The molecule has 1 aromatic heterocycles. The van der Waals surface area contributed by atoms with Gasteiger partial charge in [0.2, 0.25) is 0 Å². The second-order valence-electron chi connectivity index (χ2n) is 5.12. The molecule has 0 fully saturated rings. The third-order valence-corrected chi connectivity index (χ3v) is 3.75. The van der Waals surface area contributed by atoms with Crippen molar-refractivity contribution in [1.29, 1.82) is 0 Å². The van der Waals surface area contributed by atoms with Crippen molar-refractivity contribution in [2.75, 3.05) is 0 Å². The number of hydrogen-bond donors (Lipinski definition) is 1. The molecule has 1 aliphatic carbocycles. The van der Waals surface area contributed by atoms with Gasteiger partial charge in [-0.15, -0.1) is 0 Å². The Morgan fingerprint density at radius 2 is 1.95 bits per heavy atom. The first-order chi connectivity index (χ1) is 9.34. The van der Waals surface area contributed by atoms with Gasteiger partial charge in [0.05, 0.1) is 18.1 Å². The van der Waals surface area contributed by atoms with Gasteiger partial charge < -0.3 is 10.3 Å². The molecule has 0 saturated heterocycles. The zero-order chi connectivity index (χ0) is 13.1. The monoisotopic (exact) mass is 253 g/mol. The SMILES string of the molecule is N[C@H](Cc1ccccc1)c1cncn1C1CC=CC1. The van der Waals surface area contributed by atoms with Gasteiger partial charge in [-0.1, -0.05) is 42.5 Å². The van der Waals surface area contributed by atoms with E-state index in [0.717, 1.165) is 25.0 Å². The van der Waals surface area contributed by atoms with E-state index < -0.39 is 0 Å². The smallest absolute Gasteiger partial charge is 0.0951 e. The van der Waals surface area contributed by atoms with Gasteiger partial charge in [-0.25, -0.2) is 4.98 Å². The summed E-state index contributed by atoms with van der Waals surface area (Å²) in [4.78, 5) is 4.28. The zero-order valence-electron chi connectivity index (χ0n) is 10.9. The molecule has 0 aliphatic heterocycles. The minimum absolute atomic E-state index is 0.00509. The molecule has 0 spiro atoms. The normalized spacial score (nSPS) is 16.9. The van der Waals surface area contributed by atoms with Crippen LogP contribution in [-0.2, 0) is 6.42 Å². The van der Waals surface area contributed by atoms with Gasteiger partial charge >= 0.3 is 0 Å². The Balaban J connectivity index is 1.76. The van der Waals surface area contributed by atoms with Crippen molar-refractivity contribution < 1.29 is 0 Å². The average Bonchev–Trinajstić information content (AvgIpc) is 3.10. The van der Waals surface area contributed by atoms with Crippen molar-refractivity contribution in [2.45, 2.75) is 31.3 Å². The number of nitrogens with two attached hydrogens (primary N) is 1. The highest BCUT2D eigenvalue weighted by atomic mass is 15.1. The summed E-state index contributed by atoms with van der Waals surface area (Å²) < 4.78 is 2.24. The minimum Gasteiger partial charge on any atom is -0.329 e. The van der Waals surface area contributed by atoms with Crippen LogP contribution < -0.4 is 5.73 Å². The van der Waals surface area contributed by atoms with Crippen LogP contribution in [0.15, 0.2) is 55.0 Å². The first kappa shape index (κ1) is 12.2. The second kappa shape index (κ2) is 5.41. The van der Waals surface area contributed by atoms with Gasteiger partial charge in [-0.2, -0.15) is 0 Å². The van der Waals surface area contributed by atoms with Crippen LogP contribution in [0.25, 0.3) is 0 Å². The highest BCUT2D eigenvalue weighted by Gasteiger charge is 2.19. The lowest BCUT2D eigenvalue weighted by molar-refractivity contribution is 0.494. The molecule has 1 heterocycles. The van der Waals surface area contributed by atoms with Crippen LogP contribution in [0.1, 0.15) is 36.2 Å². The summed E-state index contributed by atoms with van der Waals surface area (Å²) in [6.07, 6.45) is 11.3. The molecule has 98 valence electrons. The van der Waals surface area contributed by atoms with Crippen LogP contribution in [0.4, 0.5) is 0 Å². The predicted octanol–water partition coefficient (Wildman–Crippen LogP) is 3.02. The Hall–Kier alpha value is -1.87. The van der Waals surface area contributed by atoms with E-state index in [1.165, 1.54) is 5.56 Å². The van der Waals surface area contributed by atoms with Crippen molar-refractivity contribution in [3.05, 3.63) is 66.3 Å². The van der Waals surface area contributed by atoms with Gasteiger partial charge in [0.15, 0.2) is 0 Å². The number of rotatable bonds is 4. The van der Waals surface area contributed by atoms with Crippen molar-refractivity contribution in [2.24, 2.45) is 5.73 Å². The Morgan fingerprint density at radius 3 is 2.68 bits per heavy atom. The van der Waals surface area contributed by atoms with E-state index in [1.807, 2.05) is 18.6 Å². The number of aromatic nitrogens is 2. The van der Waals surface area contributed by atoms with E-state index in [-0.39, 0.29) is 6.04 Å². The van der Waals surface area contributed by atoms with E-state index in [2.05, 4.69) is 46.0 Å². The Labute approximate surface area is 113 Å². The van der Waals surface area contributed by atoms with Gasteiger partial charge in [-0.05, 0) is 24.8 Å². The molecule has 2 aromatic rings. The van der Waals surface area contributed by atoms with Crippen LogP contribution in [0, 0.1) is 0 Å². The molecule has 3 heteroatoms. The summed E-state index contributed by atoms with van der Waals surface area (Å²) in [5, 5.41) is 0. The van der Waals surface area contributed by atoms with Crippen LogP contribution in [0.3, 0.4) is 0 Å². The molecule has 0 bridgehead atoms. The molecule has 3 rings (SSSR count). The van der Waals surface area contributed by atoms with Crippen LogP contribution in [0.2, 0.25) is 0 Å². The number of allylic oxidation sites excluding steroid dienone is 2. The van der Waals surface area contributed by atoms with E-state index in [4.69, 9.17) is 5.73 Å². The van der Waals surface area contributed by atoms with Crippen molar-refractivity contribution in [3.63, 3.8) is 0 Å². The third-order valence-electron chi connectivity index (χ3n) is 3.75. The second-order valence-corrected chi connectivity index (χ2v) is 5.12. The lowest BCUT2D eigenvalue weighted by Gasteiger charge is -2.19. The van der Waals surface area contributed by atoms with Crippen LogP contribution >= 0.6 is 0 Å². The number of nitrogens with zero attached hydrogens (tertiary/aromatic N) is 2. The lowest BCUT2D eigenvalue weighted by Crippen LogP contribution is -2.19. The molecular formula is C16H19N3. The first-order valence-corrected chi connectivity index (χ1v) is 6.81. The fraction of sp³-hybridized carbons (Fsp3) is 0.312. The molecular weight excluding hydrogens is 234 g/mol. The summed E-state index contributed by atoms with van der Waals surface area (Å²) in [5.74, 6) is 0. The van der Waals surface area contributed by atoms with Crippen LogP contribution in [-0.4, -0.2) is 9.55 Å². The summed E-state index contributed by atoms with van der Waals surface area (Å²) in [6, 6.07) is 10.9. The molecule has 0 radical (unpaired) electrons. The van der Waals surface area contributed by atoms with Gasteiger partial charge in [0.25, 0.3) is 0 Å². The average molecular weight is 253 g/mol. The molecule has 2 N–H and O–H groups in total. The summed E-state index contributed by atoms with van der Waals surface area (Å²) in [6.45, 7) is 0. The number of imidazole rings is 1. The Bertz CT molecular complexity index is 548. The van der Waals surface area contributed by atoms with Gasteiger partial charge in [0, 0.05) is 12.2 Å². The summed E-state index contributed by atoms with van der Waals surface area (Å²) >= 11 is 0. The van der Waals surface area contributed by atoms with Crippen molar-refractivity contribution >= 4 is 0 Å². The van der Waals surface area contributed by atoms with Gasteiger partial charge in [0.1, 0.15) is 0 Å². The molecule has 0 unspecified atom stereocenters. The maximum atomic E-state index is 6.36. The predicted molar refractivity (Wildman–Crippen MR) is 76.7 cm³/mol. The van der Waals surface area contributed by atoms with Crippen molar-refractivity contribution in [1.82, 2.24) is 9.55 Å². The quantitative estimate of drug-likeness (QED) is 0.851. The van der Waals surface area contributed by atoms with Crippen molar-refractivity contribution in [3.8, 4) is 0 Å². The fourth-order valence-corrected chi connectivity index (χ4v) is 2.71. The molecule has 0 saturated carbocycles. The maximum Gasteiger partial charge on any atom is 0.0951 e. The minimum atomic E-state index is 0.00509. The third kappa shape index (κ3) is 2.61. The zero-order valence-corrected chi connectivity index (χ0v) is 10.9. The highest BCUT2D eigenvalue weighted by molar-refractivity contribution is 5.19. The summed E-state index contributed by atoms with van der Waals surface area (Å²) in [7, 11) is 0. The fourth-order valence-electron chi connectivity index (χ4n) is 2.71. The number of benzene rings is 1. The Morgan fingerprint density at radius 1 is 1.21 bits per heavy atom. The molecule has 1 aliphatic rings. The topological polar surface area (TPSA) is 43.8 Å². The van der Waals surface area contributed by atoms with E-state index in [0.29, 0.717) is 6.04 Å². The Kier molecular flexibility index (Phi) is 3.47. The first-order valence-electron chi connectivity index (χ1n) is 6.81. The molecule has 1 atom stereocenters. The molecule has 1 aromatic carbocycles. The van der Waals surface area contributed by atoms with E-state index >= 15 is 0 Å².